The van der Waals surface area contributed by atoms with Crippen molar-refractivity contribution >= 4 is 33.3 Å². The number of aromatic nitrogens is 2. The standard InChI is InChI=1S/C20H35N5O3S2/c1-5-8-9-10-11-30(27)19-22-21-18(29-19)25-17(12-23(4)20(25)26)24-15(6-2)13-28-14-16(24)7-3/h15-17H,5-14H2,1-4H3. The van der Waals surface area contributed by atoms with Gasteiger partial charge in [0.1, 0.15) is 6.17 Å². The first-order valence-corrected chi connectivity index (χ1v) is 13.3. The zero-order valence-electron chi connectivity index (χ0n) is 18.6. The minimum Gasteiger partial charge on any atom is -0.378 e. The van der Waals surface area contributed by atoms with E-state index in [2.05, 4.69) is 35.9 Å². The van der Waals surface area contributed by atoms with Crippen molar-refractivity contribution in [2.24, 2.45) is 0 Å². The van der Waals surface area contributed by atoms with Crippen LogP contribution in [-0.4, -0.2) is 81.0 Å². The summed E-state index contributed by atoms with van der Waals surface area (Å²) in [6, 6.07) is 0.443. The van der Waals surface area contributed by atoms with Gasteiger partial charge in [0, 0.05) is 24.9 Å². The lowest BCUT2D eigenvalue weighted by Crippen LogP contribution is -2.61. The van der Waals surface area contributed by atoms with Gasteiger partial charge in [-0.15, -0.1) is 10.2 Å². The maximum absolute atomic E-state index is 13.0. The van der Waals surface area contributed by atoms with Gasteiger partial charge < -0.3 is 9.64 Å². The largest absolute Gasteiger partial charge is 0.378 e. The quantitative estimate of drug-likeness (QED) is 0.396. The Balaban J connectivity index is 1.80. The van der Waals surface area contributed by atoms with E-state index in [0.717, 1.165) is 38.5 Å². The van der Waals surface area contributed by atoms with Crippen LogP contribution in [0, 0.1) is 0 Å². The molecule has 0 radical (unpaired) electrons. The highest BCUT2D eigenvalue weighted by molar-refractivity contribution is 7.87. The number of ether oxygens (including phenoxy) is 1. The number of likely N-dealkylation sites (N-methyl/N-ethyl adjacent to an activating group) is 1. The molecule has 10 heteroatoms. The van der Waals surface area contributed by atoms with Gasteiger partial charge in [-0.05, 0) is 19.3 Å². The lowest BCUT2D eigenvalue weighted by molar-refractivity contribution is -0.0696. The van der Waals surface area contributed by atoms with Gasteiger partial charge in [-0.2, -0.15) is 0 Å². The number of nitrogens with zero attached hydrogens (tertiary/aromatic N) is 5. The Morgan fingerprint density at radius 2 is 1.80 bits per heavy atom. The van der Waals surface area contributed by atoms with Crippen LogP contribution < -0.4 is 4.90 Å². The number of morpholine rings is 1. The lowest BCUT2D eigenvalue weighted by Gasteiger charge is -2.46. The average molecular weight is 458 g/mol. The molecule has 1 aromatic rings. The normalized spacial score (nSPS) is 26.5. The third kappa shape index (κ3) is 5.03. The van der Waals surface area contributed by atoms with Gasteiger partial charge in [-0.25, -0.2) is 9.69 Å². The highest BCUT2D eigenvalue weighted by Crippen LogP contribution is 2.33. The van der Waals surface area contributed by atoms with E-state index in [9.17, 15) is 9.00 Å². The number of hydrogen-bond donors (Lipinski definition) is 0. The van der Waals surface area contributed by atoms with E-state index in [1.807, 2.05) is 7.05 Å². The Morgan fingerprint density at radius 1 is 1.10 bits per heavy atom. The van der Waals surface area contributed by atoms with Gasteiger partial charge >= 0.3 is 6.03 Å². The molecule has 4 unspecified atom stereocenters. The Morgan fingerprint density at radius 3 is 2.43 bits per heavy atom. The third-order valence-electron chi connectivity index (χ3n) is 6.00. The molecule has 2 amide bonds. The molecule has 4 atom stereocenters. The predicted molar refractivity (Wildman–Crippen MR) is 120 cm³/mol. The summed E-state index contributed by atoms with van der Waals surface area (Å²) in [6.45, 7) is 8.45. The van der Waals surface area contributed by atoms with Gasteiger partial charge in [-0.1, -0.05) is 51.4 Å². The van der Waals surface area contributed by atoms with E-state index in [4.69, 9.17) is 4.74 Å². The molecule has 0 N–H and O–H groups in total. The van der Waals surface area contributed by atoms with Crippen LogP contribution in [0.15, 0.2) is 4.34 Å². The van der Waals surface area contributed by atoms with Gasteiger partial charge in [0.05, 0.1) is 30.6 Å². The van der Waals surface area contributed by atoms with Gasteiger partial charge in [0.15, 0.2) is 0 Å². The molecule has 0 aliphatic carbocycles. The van der Waals surface area contributed by atoms with Crippen molar-refractivity contribution < 1.29 is 13.7 Å². The Kier molecular flexibility index (Phi) is 8.62. The molecule has 2 aliphatic rings. The van der Waals surface area contributed by atoms with Gasteiger partial charge in [-0.3, -0.25) is 9.11 Å². The van der Waals surface area contributed by atoms with Crippen LogP contribution in [0.2, 0.25) is 0 Å². The Bertz CT molecular complexity index is 719. The van der Waals surface area contributed by atoms with Crippen LogP contribution in [0.3, 0.4) is 0 Å². The molecular formula is C20H35N5O3S2. The van der Waals surface area contributed by atoms with Gasteiger partial charge in [0.25, 0.3) is 0 Å². The molecule has 3 rings (SSSR count). The summed E-state index contributed by atoms with van der Waals surface area (Å²) >= 11 is 1.29. The molecule has 0 spiro atoms. The first-order valence-electron chi connectivity index (χ1n) is 11.1. The van der Waals surface area contributed by atoms with Crippen molar-refractivity contribution in [2.75, 3.05) is 37.5 Å². The Hall–Kier alpha value is -1.10. The summed E-state index contributed by atoms with van der Waals surface area (Å²) in [5, 5.41) is 9.03. The van der Waals surface area contributed by atoms with Crippen LogP contribution in [-0.2, 0) is 15.5 Å². The topological polar surface area (TPSA) is 78.9 Å². The minimum atomic E-state index is -1.16. The minimum absolute atomic E-state index is 0.0763. The molecule has 0 bridgehead atoms. The fourth-order valence-corrected chi connectivity index (χ4v) is 6.48. The molecule has 0 saturated carbocycles. The second kappa shape index (κ2) is 11.0. The first-order chi connectivity index (χ1) is 14.5. The van der Waals surface area contributed by atoms with Crippen molar-refractivity contribution in [2.45, 2.75) is 81.9 Å². The fourth-order valence-electron chi connectivity index (χ4n) is 4.25. The van der Waals surface area contributed by atoms with Gasteiger partial charge in [0.2, 0.25) is 9.47 Å². The second-order valence-electron chi connectivity index (χ2n) is 8.08. The number of carbonyl (C=O) groups excluding carboxylic acids is 1. The van der Waals surface area contributed by atoms with Crippen molar-refractivity contribution in [3.8, 4) is 0 Å². The summed E-state index contributed by atoms with van der Waals surface area (Å²) < 4.78 is 19.0. The molecule has 0 aromatic carbocycles. The molecule has 8 nitrogen and oxygen atoms in total. The second-order valence-corrected chi connectivity index (χ2v) is 10.8. The van der Waals surface area contributed by atoms with Crippen LogP contribution in [0.1, 0.15) is 59.3 Å². The first kappa shape index (κ1) is 23.6. The van der Waals surface area contributed by atoms with Crippen LogP contribution in [0.5, 0.6) is 0 Å². The van der Waals surface area contributed by atoms with Crippen molar-refractivity contribution in [1.82, 2.24) is 20.0 Å². The number of hydrogen-bond acceptors (Lipinski definition) is 7. The molecule has 3 heterocycles. The molecule has 2 saturated heterocycles. The molecule has 2 aliphatic heterocycles. The SMILES string of the molecule is CCCCCCS(=O)c1nnc(N2C(=O)N(C)CC2N2C(CC)COCC2CC)s1. The molecule has 170 valence electrons. The molecule has 30 heavy (non-hydrogen) atoms. The maximum Gasteiger partial charge on any atom is 0.327 e. The monoisotopic (exact) mass is 457 g/mol. The van der Waals surface area contributed by atoms with Crippen LogP contribution in [0.4, 0.5) is 9.93 Å². The number of urea groups is 1. The third-order valence-corrected chi connectivity index (χ3v) is 8.65. The number of unbranched alkanes of at least 4 members (excludes halogenated alkanes) is 3. The molecule has 1 aromatic heterocycles. The van der Waals surface area contributed by atoms with E-state index in [0.29, 0.717) is 35.0 Å². The zero-order chi connectivity index (χ0) is 21.7. The average Bonchev–Trinajstić information content (AvgIpc) is 3.35. The summed E-state index contributed by atoms with van der Waals surface area (Å²) in [4.78, 5) is 19.0. The summed E-state index contributed by atoms with van der Waals surface area (Å²) in [5.74, 6) is 0.602. The summed E-state index contributed by atoms with van der Waals surface area (Å²) in [6.07, 6.45) is 6.13. The zero-order valence-corrected chi connectivity index (χ0v) is 20.2. The maximum atomic E-state index is 13.0. The van der Waals surface area contributed by atoms with Crippen LogP contribution in [0.25, 0.3) is 0 Å². The smallest absolute Gasteiger partial charge is 0.327 e. The van der Waals surface area contributed by atoms with E-state index >= 15 is 0 Å². The lowest BCUT2D eigenvalue weighted by atomic mass is 10.0. The van der Waals surface area contributed by atoms with E-state index in [1.165, 1.54) is 11.3 Å². The van der Waals surface area contributed by atoms with Crippen LogP contribution >= 0.6 is 11.3 Å². The number of rotatable bonds is 10. The fraction of sp³-hybridized carbons (Fsp3) is 0.850. The van der Waals surface area contributed by atoms with E-state index in [1.54, 1.807) is 9.80 Å². The highest BCUT2D eigenvalue weighted by atomic mass is 32.2. The molecule has 2 fully saturated rings. The summed E-state index contributed by atoms with van der Waals surface area (Å²) in [7, 11) is 0.665. The van der Waals surface area contributed by atoms with E-state index in [-0.39, 0.29) is 24.3 Å². The molecular weight excluding hydrogens is 422 g/mol. The van der Waals surface area contributed by atoms with Crippen molar-refractivity contribution in [3.05, 3.63) is 0 Å². The highest BCUT2D eigenvalue weighted by Gasteiger charge is 2.46. The number of carbonyl (C=O) groups is 1. The van der Waals surface area contributed by atoms with E-state index < -0.39 is 10.8 Å². The Labute approximate surface area is 186 Å². The van der Waals surface area contributed by atoms with Crippen molar-refractivity contribution in [1.29, 1.82) is 0 Å². The van der Waals surface area contributed by atoms with Crippen molar-refractivity contribution in [3.63, 3.8) is 0 Å². The predicted octanol–water partition coefficient (Wildman–Crippen LogP) is 3.31. The number of anilines is 1. The number of amides is 2. The summed E-state index contributed by atoms with van der Waals surface area (Å²) in [5.41, 5.74) is 0.